The van der Waals surface area contributed by atoms with Gasteiger partial charge in [0.15, 0.2) is 11.5 Å². The number of benzene rings is 1. The summed E-state index contributed by atoms with van der Waals surface area (Å²) in [5.74, 6) is 1.02. The zero-order valence-corrected chi connectivity index (χ0v) is 10.9. The van der Waals surface area contributed by atoms with Gasteiger partial charge in [-0.2, -0.15) is 0 Å². The summed E-state index contributed by atoms with van der Waals surface area (Å²) < 4.78 is 11.0. The number of nitrogens with zero attached hydrogens (tertiary/aromatic N) is 1. The normalized spacial score (nSPS) is 19.8. The zero-order chi connectivity index (χ0) is 13.5. The van der Waals surface area contributed by atoms with E-state index in [4.69, 9.17) is 9.47 Å². The van der Waals surface area contributed by atoms with Gasteiger partial charge in [0.1, 0.15) is 13.2 Å². The van der Waals surface area contributed by atoms with Gasteiger partial charge in [-0.05, 0) is 18.6 Å². The Morgan fingerprint density at radius 1 is 1.37 bits per heavy atom. The smallest absolute Gasteiger partial charge is 0.257 e. The molecule has 0 aliphatic carbocycles. The molecule has 1 aromatic carbocycles. The van der Waals surface area contributed by atoms with E-state index in [0.29, 0.717) is 49.8 Å². The quantitative estimate of drug-likeness (QED) is 0.866. The molecule has 0 spiro atoms. The third-order valence-electron chi connectivity index (χ3n) is 3.71. The van der Waals surface area contributed by atoms with Crippen molar-refractivity contribution in [3.63, 3.8) is 0 Å². The van der Waals surface area contributed by atoms with Crippen molar-refractivity contribution in [3.8, 4) is 11.5 Å². The minimum Gasteiger partial charge on any atom is -0.486 e. The fourth-order valence-electron chi connectivity index (χ4n) is 2.44. The van der Waals surface area contributed by atoms with E-state index >= 15 is 0 Å². The Morgan fingerprint density at radius 3 is 2.84 bits per heavy atom. The van der Waals surface area contributed by atoms with E-state index in [2.05, 4.69) is 0 Å². The molecule has 1 aromatic rings. The van der Waals surface area contributed by atoms with E-state index in [1.54, 1.807) is 23.1 Å². The molecular weight excluding hydrogens is 246 g/mol. The van der Waals surface area contributed by atoms with Crippen LogP contribution in [0.2, 0.25) is 0 Å². The number of hydrogen-bond acceptors (Lipinski definition) is 4. The lowest BCUT2D eigenvalue weighted by Crippen LogP contribution is -2.63. The van der Waals surface area contributed by atoms with Crippen molar-refractivity contribution >= 4 is 5.91 Å². The van der Waals surface area contributed by atoms with Gasteiger partial charge in [-0.1, -0.05) is 13.0 Å². The second-order valence-electron chi connectivity index (χ2n) is 5.07. The van der Waals surface area contributed by atoms with Gasteiger partial charge in [-0.15, -0.1) is 0 Å². The highest BCUT2D eigenvalue weighted by Gasteiger charge is 2.43. The molecule has 1 fully saturated rings. The number of amides is 1. The van der Waals surface area contributed by atoms with E-state index < -0.39 is 5.60 Å². The number of carbonyl (C=O) groups excluding carboxylic acids is 1. The van der Waals surface area contributed by atoms with Crippen LogP contribution in [-0.2, 0) is 0 Å². The van der Waals surface area contributed by atoms with Crippen LogP contribution in [0, 0.1) is 0 Å². The van der Waals surface area contributed by atoms with Crippen LogP contribution in [0.5, 0.6) is 11.5 Å². The predicted molar refractivity (Wildman–Crippen MR) is 68.6 cm³/mol. The fraction of sp³-hybridized carbons (Fsp3) is 0.500. The van der Waals surface area contributed by atoms with Crippen molar-refractivity contribution < 1.29 is 19.4 Å². The van der Waals surface area contributed by atoms with Gasteiger partial charge < -0.3 is 19.5 Å². The van der Waals surface area contributed by atoms with E-state index in [1.807, 2.05) is 6.92 Å². The fourth-order valence-corrected chi connectivity index (χ4v) is 2.44. The summed E-state index contributed by atoms with van der Waals surface area (Å²) in [5, 5.41) is 9.97. The van der Waals surface area contributed by atoms with Crippen molar-refractivity contribution in [1.29, 1.82) is 0 Å². The number of ether oxygens (including phenoxy) is 2. The van der Waals surface area contributed by atoms with Crippen molar-refractivity contribution in [3.05, 3.63) is 23.8 Å². The number of para-hydroxylation sites is 1. The topological polar surface area (TPSA) is 59.0 Å². The Labute approximate surface area is 111 Å². The van der Waals surface area contributed by atoms with E-state index in [-0.39, 0.29) is 5.91 Å². The predicted octanol–water partition coefficient (Wildman–Crippen LogP) is 1.05. The molecule has 102 valence electrons. The van der Waals surface area contributed by atoms with Crippen LogP contribution in [0.15, 0.2) is 18.2 Å². The number of aliphatic hydroxyl groups is 1. The first-order valence-electron chi connectivity index (χ1n) is 6.53. The molecule has 1 N–H and O–H groups in total. The highest BCUT2D eigenvalue weighted by Crippen LogP contribution is 2.36. The molecule has 2 heterocycles. The summed E-state index contributed by atoms with van der Waals surface area (Å²) in [4.78, 5) is 14.0. The number of β-amino-alcohol motifs (C(OH)–C–C–N with tert-alkyl or cyclic N) is 1. The maximum Gasteiger partial charge on any atom is 0.257 e. The highest BCUT2D eigenvalue weighted by molar-refractivity contribution is 5.98. The molecule has 0 atom stereocenters. The molecule has 1 saturated heterocycles. The number of fused-ring (bicyclic) bond motifs is 1. The van der Waals surface area contributed by atoms with Gasteiger partial charge in [0.2, 0.25) is 0 Å². The van der Waals surface area contributed by atoms with E-state index in [1.165, 1.54) is 0 Å². The van der Waals surface area contributed by atoms with Crippen LogP contribution in [0.4, 0.5) is 0 Å². The first-order chi connectivity index (χ1) is 9.13. The minimum absolute atomic E-state index is 0.111. The van der Waals surface area contributed by atoms with E-state index in [0.717, 1.165) is 0 Å². The zero-order valence-electron chi connectivity index (χ0n) is 10.9. The lowest BCUT2D eigenvalue weighted by Gasteiger charge is -2.46. The van der Waals surface area contributed by atoms with Crippen molar-refractivity contribution in [2.75, 3.05) is 26.3 Å². The molecule has 5 heteroatoms. The molecule has 2 aliphatic rings. The molecule has 19 heavy (non-hydrogen) atoms. The highest BCUT2D eigenvalue weighted by atomic mass is 16.6. The maximum atomic E-state index is 12.4. The Kier molecular flexibility index (Phi) is 2.86. The van der Waals surface area contributed by atoms with Crippen molar-refractivity contribution in [2.24, 2.45) is 0 Å². The number of carbonyl (C=O) groups is 1. The van der Waals surface area contributed by atoms with Gasteiger partial charge in [-0.25, -0.2) is 0 Å². The van der Waals surface area contributed by atoms with Crippen LogP contribution < -0.4 is 9.47 Å². The van der Waals surface area contributed by atoms with E-state index in [9.17, 15) is 9.90 Å². The summed E-state index contributed by atoms with van der Waals surface area (Å²) in [6, 6.07) is 5.31. The number of rotatable bonds is 2. The van der Waals surface area contributed by atoms with Crippen LogP contribution in [0.1, 0.15) is 23.7 Å². The molecule has 3 rings (SSSR count). The summed E-state index contributed by atoms with van der Waals surface area (Å²) >= 11 is 0. The second-order valence-corrected chi connectivity index (χ2v) is 5.07. The first kappa shape index (κ1) is 12.3. The largest absolute Gasteiger partial charge is 0.486 e. The van der Waals surface area contributed by atoms with Crippen molar-refractivity contribution in [1.82, 2.24) is 4.90 Å². The van der Waals surface area contributed by atoms with Crippen molar-refractivity contribution in [2.45, 2.75) is 18.9 Å². The summed E-state index contributed by atoms with van der Waals surface area (Å²) in [5.41, 5.74) is -0.211. The Balaban J connectivity index is 1.82. The minimum atomic E-state index is -0.720. The Bertz CT molecular complexity index is 508. The number of likely N-dealkylation sites (tertiary alicyclic amines) is 1. The summed E-state index contributed by atoms with van der Waals surface area (Å²) in [6.07, 6.45) is 0.656. The SMILES string of the molecule is CCC1(O)CN(C(=O)c2cccc3c2OCCO3)C1. The third kappa shape index (κ3) is 2.04. The van der Waals surface area contributed by atoms with Gasteiger partial charge >= 0.3 is 0 Å². The van der Waals surface area contributed by atoms with Crippen LogP contribution in [0.25, 0.3) is 0 Å². The number of hydrogen-bond donors (Lipinski definition) is 1. The monoisotopic (exact) mass is 263 g/mol. The van der Waals surface area contributed by atoms with Gasteiger partial charge in [-0.3, -0.25) is 4.79 Å². The standard InChI is InChI=1S/C14H17NO4/c1-2-14(17)8-15(9-14)13(16)10-4-3-5-11-12(10)19-7-6-18-11/h3-5,17H,2,6-9H2,1H3. The molecule has 0 aromatic heterocycles. The Morgan fingerprint density at radius 2 is 2.11 bits per heavy atom. The summed E-state index contributed by atoms with van der Waals surface area (Å²) in [6.45, 7) is 3.64. The molecule has 5 nitrogen and oxygen atoms in total. The van der Waals surface area contributed by atoms with Gasteiger partial charge in [0, 0.05) is 0 Å². The summed E-state index contributed by atoms with van der Waals surface area (Å²) in [7, 11) is 0. The maximum absolute atomic E-state index is 12.4. The van der Waals surface area contributed by atoms with Crippen LogP contribution in [-0.4, -0.2) is 47.8 Å². The first-order valence-corrected chi connectivity index (χ1v) is 6.53. The molecule has 2 aliphatic heterocycles. The second kappa shape index (κ2) is 4.42. The van der Waals surface area contributed by atoms with Gasteiger partial charge in [0.05, 0.1) is 24.3 Å². The molecular formula is C14H17NO4. The van der Waals surface area contributed by atoms with Gasteiger partial charge in [0.25, 0.3) is 5.91 Å². The van der Waals surface area contributed by atoms with Crippen LogP contribution in [0.3, 0.4) is 0 Å². The lowest BCUT2D eigenvalue weighted by molar-refractivity contribution is -0.0827. The molecule has 0 saturated carbocycles. The molecule has 0 radical (unpaired) electrons. The third-order valence-corrected chi connectivity index (χ3v) is 3.71. The average Bonchev–Trinajstić information content (AvgIpc) is 2.42. The lowest BCUT2D eigenvalue weighted by atomic mass is 9.90. The molecule has 0 bridgehead atoms. The molecule has 0 unspecified atom stereocenters. The average molecular weight is 263 g/mol. The molecule has 1 amide bonds. The Hall–Kier alpha value is -1.75. The van der Waals surface area contributed by atoms with Crippen LogP contribution >= 0.6 is 0 Å².